The quantitative estimate of drug-likeness (QED) is 0.513. The summed E-state index contributed by atoms with van der Waals surface area (Å²) in [6.07, 6.45) is 0.818. The van der Waals surface area contributed by atoms with Gasteiger partial charge in [-0.25, -0.2) is 4.79 Å². The summed E-state index contributed by atoms with van der Waals surface area (Å²) in [5, 5.41) is 14.8. The van der Waals surface area contributed by atoms with Crippen LogP contribution in [-0.4, -0.2) is 41.3 Å². The minimum atomic E-state index is -1.16. The number of carboxylic acids is 1. The minimum absolute atomic E-state index is 0.00868. The molecule has 0 heterocycles. The van der Waals surface area contributed by atoms with Crippen LogP contribution in [0.15, 0.2) is 48.5 Å². The maximum Gasteiger partial charge on any atom is 0.408 e. The summed E-state index contributed by atoms with van der Waals surface area (Å²) in [6, 6.07) is 15.7. The number of rotatable bonds is 9. The van der Waals surface area contributed by atoms with Gasteiger partial charge in [-0.3, -0.25) is 9.59 Å². The maximum atomic E-state index is 13.2. The van der Waals surface area contributed by atoms with Crippen molar-refractivity contribution < 1.29 is 24.2 Å². The number of fused-ring (bicyclic) bond motifs is 3. The molecule has 4 rings (SSSR count). The van der Waals surface area contributed by atoms with Gasteiger partial charge in [0.2, 0.25) is 5.91 Å². The number of carbonyl (C=O) groups excluding carboxylic acids is 2. The van der Waals surface area contributed by atoms with Gasteiger partial charge in [0.1, 0.15) is 12.1 Å². The normalized spacial score (nSPS) is 17.3. The molecule has 7 heteroatoms. The number of aliphatic carboxylic acids is 1. The van der Waals surface area contributed by atoms with Crippen molar-refractivity contribution >= 4 is 18.0 Å². The Balaban J connectivity index is 1.44. The third-order valence-electron chi connectivity index (χ3n) is 7.09. The van der Waals surface area contributed by atoms with E-state index in [-0.39, 0.29) is 36.7 Å². The van der Waals surface area contributed by atoms with Crippen LogP contribution in [0, 0.1) is 11.8 Å². The molecular formula is C27H32N2O5. The van der Waals surface area contributed by atoms with Gasteiger partial charge in [-0.05, 0) is 53.9 Å². The van der Waals surface area contributed by atoms with Crippen LogP contribution in [-0.2, 0) is 14.3 Å². The van der Waals surface area contributed by atoms with E-state index in [0.29, 0.717) is 0 Å². The Labute approximate surface area is 199 Å². The van der Waals surface area contributed by atoms with E-state index < -0.39 is 23.6 Å². The number of carboxylic acid groups (broad SMARTS) is 1. The van der Waals surface area contributed by atoms with E-state index in [9.17, 15) is 19.5 Å². The molecule has 0 saturated heterocycles. The first kappa shape index (κ1) is 23.8. The number of benzene rings is 2. The van der Waals surface area contributed by atoms with E-state index in [4.69, 9.17) is 4.74 Å². The summed E-state index contributed by atoms with van der Waals surface area (Å²) < 4.78 is 5.66. The van der Waals surface area contributed by atoms with Gasteiger partial charge >= 0.3 is 12.1 Å². The average molecular weight is 465 g/mol. The predicted molar refractivity (Wildman–Crippen MR) is 128 cm³/mol. The van der Waals surface area contributed by atoms with E-state index >= 15 is 0 Å². The molecule has 1 fully saturated rings. The third-order valence-corrected chi connectivity index (χ3v) is 7.09. The largest absolute Gasteiger partial charge is 0.481 e. The standard InChI is InChI=1S/C27H32N2O5/c1-16(2)23(14-24(30)31)28-25(32)27(3,17-12-13-17)29-26(33)34-15-22-20-10-6-4-8-18(20)19-9-5-7-11-21(19)22/h4-11,16-17,22-23H,12-15H2,1-3H3,(H,28,32)(H,29,33)(H,30,31)/t23-,27?/m0/s1. The summed E-state index contributed by atoms with van der Waals surface area (Å²) in [6.45, 7) is 5.58. The van der Waals surface area contributed by atoms with Crippen LogP contribution in [0.3, 0.4) is 0 Å². The molecule has 0 aromatic heterocycles. The van der Waals surface area contributed by atoms with E-state index in [0.717, 1.165) is 35.1 Å². The monoisotopic (exact) mass is 464 g/mol. The minimum Gasteiger partial charge on any atom is -0.481 e. The second-order valence-corrected chi connectivity index (χ2v) is 9.85. The maximum absolute atomic E-state index is 13.2. The van der Waals surface area contributed by atoms with E-state index in [1.165, 1.54) is 0 Å². The zero-order chi connectivity index (χ0) is 24.5. The molecule has 2 amide bonds. The Hall–Kier alpha value is -3.35. The lowest BCUT2D eigenvalue weighted by Gasteiger charge is -2.32. The van der Waals surface area contributed by atoms with Gasteiger partial charge in [-0.15, -0.1) is 0 Å². The molecule has 1 unspecified atom stereocenters. The molecule has 0 radical (unpaired) electrons. The molecule has 0 bridgehead atoms. The van der Waals surface area contributed by atoms with Crippen molar-refractivity contribution in [1.82, 2.24) is 10.6 Å². The van der Waals surface area contributed by atoms with Crippen LogP contribution in [0.4, 0.5) is 4.79 Å². The molecular weight excluding hydrogens is 432 g/mol. The predicted octanol–water partition coefficient (Wildman–Crippen LogP) is 4.31. The van der Waals surface area contributed by atoms with Crippen molar-refractivity contribution in [2.75, 3.05) is 6.61 Å². The summed E-state index contributed by atoms with van der Waals surface area (Å²) in [5.74, 6) is -1.48. The molecule has 2 aromatic carbocycles. The summed E-state index contributed by atoms with van der Waals surface area (Å²) in [5.41, 5.74) is 3.37. The van der Waals surface area contributed by atoms with Gasteiger partial charge < -0.3 is 20.5 Å². The highest BCUT2D eigenvalue weighted by atomic mass is 16.5. The van der Waals surface area contributed by atoms with E-state index in [2.05, 4.69) is 34.9 Å². The Morgan fingerprint density at radius 2 is 1.59 bits per heavy atom. The van der Waals surface area contributed by atoms with Crippen molar-refractivity contribution in [3.8, 4) is 11.1 Å². The lowest BCUT2D eigenvalue weighted by atomic mass is 9.92. The third kappa shape index (κ3) is 4.79. The highest BCUT2D eigenvalue weighted by Gasteiger charge is 2.49. The molecule has 2 aromatic rings. The number of alkyl carbamates (subject to hydrolysis) is 1. The molecule has 2 atom stereocenters. The molecule has 2 aliphatic rings. The van der Waals surface area contributed by atoms with Gasteiger partial charge in [0.05, 0.1) is 6.42 Å². The number of nitrogens with one attached hydrogen (secondary N) is 2. The average Bonchev–Trinajstić information content (AvgIpc) is 3.61. The number of carbonyl (C=O) groups is 3. The van der Waals surface area contributed by atoms with Crippen LogP contribution in [0.5, 0.6) is 0 Å². The van der Waals surface area contributed by atoms with Crippen LogP contribution in [0.25, 0.3) is 11.1 Å². The smallest absolute Gasteiger partial charge is 0.408 e. The fourth-order valence-electron chi connectivity index (χ4n) is 4.81. The Kier molecular flexibility index (Phi) is 6.64. The molecule has 0 aliphatic heterocycles. The van der Waals surface area contributed by atoms with Gasteiger partial charge in [-0.2, -0.15) is 0 Å². The molecule has 34 heavy (non-hydrogen) atoms. The number of amides is 2. The Morgan fingerprint density at radius 3 is 2.09 bits per heavy atom. The summed E-state index contributed by atoms with van der Waals surface area (Å²) >= 11 is 0. The summed E-state index contributed by atoms with van der Waals surface area (Å²) in [4.78, 5) is 37.3. The number of ether oxygens (including phenoxy) is 1. The van der Waals surface area contributed by atoms with Crippen LogP contribution in [0.1, 0.15) is 57.1 Å². The molecule has 7 nitrogen and oxygen atoms in total. The zero-order valence-electron chi connectivity index (χ0n) is 19.8. The first-order valence-corrected chi connectivity index (χ1v) is 11.9. The van der Waals surface area contributed by atoms with Gasteiger partial charge in [0.15, 0.2) is 0 Å². The Bertz CT molecular complexity index is 1050. The van der Waals surface area contributed by atoms with Crippen molar-refractivity contribution in [2.24, 2.45) is 11.8 Å². The van der Waals surface area contributed by atoms with Crippen LogP contribution >= 0.6 is 0 Å². The fraction of sp³-hybridized carbons (Fsp3) is 0.444. The first-order chi connectivity index (χ1) is 16.2. The topological polar surface area (TPSA) is 105 Å². The lowest BCUT2D eigenvalue weighted by Crippen LogP contribution is -2.60. The molecule has 2 aliphatic carbocycles. The molecule has 1 saturated carbocycles. The highest BCUT2D eigenvalue weighted by Crippen LogP contribution is 2.44. The lowest BCUT2D eigenvalue weighted by molar-refractivity contribution is -0.138. The van der Waals surface area contributed by atoms with Crippen molar-refractivity contribution in [3.05, 3.63) is 59.7 Å². The van der Waals surface area contributed by atoms with Gasteiger partial charge in [-0.1, -0.05) is 62.4 Å². The second kappa shape index (κ2) is 9.49. The SMILES string of the molecule is CC(C)[C@H](CC(=O)O)NC(=O)C(C)(NC(=O)OCC1c2ccccc2-c2ccccc21)C1CC1. The number of hydrogen-bond donors (Lipinski definition) is 3. The van der Waals surface area contributed by atoms with E-state index in [1.54, 1.807) is 6.92 Å². The summed E-state index contributed by atoms with van der Waals surface area (Å²) in [7, 11) is 0. The molecule has 3 N–H and O–H groups in total. The van der Waals surface area contributed by atoms with E-state index in [1.807, 2.05) is 38.1 Å². The first-order valence-electron chi connectivity index (χ1n) is 11.9. The van der Waals surface area contributed by atoms with Crippen molar-refractivity contribution in [3.63, 3.8) is 0 Å². The van der Waals surface area contributed by atoms with Crippen LogP contribution in [0.2, 0.25) is 0 Å². The van der Waals surface area contributed by atoms with Crippen LogP contribution < -0.4 is 10.6 Å². The number of hydrogen-bond acceptors (Lipinski definition) is 4. The van der Waals surface area contributed by atoms with Gasteiger partial charge in [0.25, 0.3) is 0 Å². The fourth-order valence-corrected chi connectivity index (χ4v) is 4.81. The molecule has 180 valence electrons. The highest BCUT2D eigenvalue weighted by molar-refractivity contribution is 5.91. The van der Waals surface area contributed by atoms with Gasteiger partial charge in [0, 0.05) is 12.0 Å². The van der Waals surface area contributed by atoms with Crippen molar-refractivity contribution in [2.45, 2.75) is 57.5 Å². The second-order valence-electron chi connectivity index (χ2n) is 9.85. The molecule has 0 spiro atoms. The zero-order valence-corrected chi connectivity index (χ0v) is 19.8. The Morgan fingerprint density at radius 1 is 1.03 bits per heavy atom. The van der Waals surface area contributed by atoms with Crippen molar-refractivity contribution in [1.29, 1.82) is 0 Å².